The van der Waals surface area contributed by atoms with Crippen molar-refractivity contribution in [1.29, 1.82) is 0 Å². The van der Waals surface area contributed by atoms with Gasteiger partial charge in [0, 0.05) is 34.3 Å². The minimum Gasteiger partial charge on any atom is -0.441 e. The van der Waals surface area contributed by atoms with E-state index < -0.39 is 0 Å². The van der Waals surface area contributed by atoms with E-state index in [0.29, 0.717) is 0 Å². The molecule has 0 saturated carbocycles. The Bertz CT molecular complexity index is 479. The second-order valence-corrected chi connectivity index (χ2v) is 4.78. The van der Waals surface area contributed by atoms with Gasteiger partial charge in [0.05, 0.1) is 0 Å². The van der Waals surface area contributed by atoms with Crippen LogP contribution in [-0.2, 0) is 7.05 Å². The molecule has 2 rings (SSSR count). The predicted octanol–water partition coefficient (Wildman–Crippen LogP) is 4.14. The Hall–Kier alpha value is -0.740. The van der Waals surface area contributed by atoms with Crippen molar-refractivity contribution < 1.29 is 4.74 Å². The number of hydrogen-bond acceptors (Lipinski definition) is 1. The Kier molecular flexibility index (Phi) is 3.17. The zero-order valence-electron chi connectivity index (χ0n) is 8.00. The van der Waals surface area contributed by atoms with E-state index in [1.54, 1.807) is 6.07 Å². The summed E-state index contributed by atoms with van der Waals surface area (Å²) in [6.45, 7) is 0. The number of nitrogens with zero attached hydrogens (tertiary/aromatic N) is 1. The first-order valence-corrected chi connectivity index (χ1v) is 5.91. The van der Waals surface area contributed by atoms with Gasteiger partial charge in [0.15, 0.2) is 5.88 Å². The van der Waals surface area contributed by atoms with Crippen molar-refractivity contribution in [1.82, 2.24) is 4.57 Å². The van der Waals surface area contributed by atoms with Crippen LogP contribution in [0.25, 0.3) is 0 Å². The Morgan fingerprint density at radius 1 is 1.27 bits per heavy atom. The van der Waals surface area contributed by atoms with E-state index >= 15 is 0 Å². The highest BCUT2D eigenvalue weighted by Gasteiger charge is 2.03. The first-order chi connectivity index (χ1) is 7.16. The average molecular weight is 330 g/mol. The summed E-state index contributed by atoms with van der Waals surface area (Å²) in [4.78, 5) is 0. The van der Waals surface area contributed by atoms with Gasteiger partial charge in [-0.1, -0.05) is 0 Å². The van der Waals surface area contributed by atoms with Gasteiger partial charge in [-0.2, -0.15) is 0 Å². The Labute approximate surface area is 105 Å². The molecule has 2 aromatic rings. The predicted molar refractivity (Wildman–Crippen MR) is 66.2 cm³/mol. The summed E-state index contributed by atoms with van der Waals surface area (Å²) in [6, 6.07) is 10.5. The summed E-state index contributed by atoms with van der Waals surface area (Å²) < 4.78 is 9.52. The maximum atomic E-state index is 5.67. The van der Waals surface area contributed by atoms with Crippen LogP contribution in [0.1, 0.15) is 0 Å². The van der Waals surface area contributed by atoms with Gasteiger partial charge in [0.2, 0.25) is 0 Å². The van der Waals surface area contributed by atoms with Crippen LogP contribution in [0.3, 0.4) is 0 Å². The average Bonchev–Trinajstić information content (AvgIpc) is 2.59. The zero-order chi connectivity index (χ0) is 10.8. The van der Waals surface area contributed by atoms with Crippen molar-refractivity contribution in [2.24, 2.45) is 7.05 Å². The monoisotopic (exact) mass is 328 g/mol. The molecule has 0 aliphatic rings. The minimum absolute atomic E-state index is 0.768. The van der Waals surface area contributed by atoms with Gasteiger partial charge >= 0.3 is 0 Å². The number of aryl methyl sites for hydroxylation is 1. The molecular formula is C11H8Br2NO. The molecule has 1 aromatic carbocycles. The van der Waals surface area contributed by atoms with Crippen LogP contribution in [0.15, 0.2) is 39.4 Å². The van der Waals surface area contributed by atoms with E-state index in [1.807, 2.05) is 36.0 Å². The maximum absolute atomic E-state index is 5.67. The number of rotatable bonds is 2. The summed E-state index contributed by atoms with van der Waals surface area (Å²) in [5.74, 6) is 1.56. The van der Waals surface area contributed by atoms with E-state index in [0.717, 1.165) is 20.6 Å². The number of halogens is 2. The van der Waals surface area contributed by atoms with Gasteiger partial charge < -0.3 is 9.30 Å². The fourth-order valence-corrected chi connectivity index (χ4v) is 1.75. The maximum Gasteiger partial charge on any atom is 0.200 e. The Balaban J connectivity index is 2.25. The molecule has 0 amide bonds. The molecule has 77 valence electrons. The summed E-state index contributed by atoms with van der Waals surface area (Å²) in [7, 11) is 1.92. The van der Waals surface area contributed by atoms with Gasteiger partial charge in [-0.05, 0) is 50.1 Å². The second kappa shape index (κ2) is 4.41. The molecule has 0 N–H and O–H groups in total. The van der Waals surface area contributed by atoms with Crippen LogP contribution in [0.4, 0.5) is 0 Å². The third-order valence-corrected chi connectivity index (χ3v) is 3.82. The molecular weight excluding hydrogens is 322 g/mol. The van der Waals surface area contributed by atoms with E-state index in [2.05, 4.69) is 37.9 Å². The van der Waals surface area contributed by atoms with Crippen molar-refractivity contribution in [3.05, 3.63) is 45.5 Å². The van der Waals surface area contributed by atoms with E-state index in [1.165, 1.54) is 0 Å². The molecule has 0 saturated heterocycles. The summed E-state index contributed by atoms with van der Waals surface area (Å²) >= 11 is 6.84. The molecule has 0 atom stereocenters. The summed E-state index contributed by atoms with van der Waals surface area (Å²) in [5.41, 5.74) is 0. The van der Waals surface area contributed by atoms with Crippen LogP contribution >= 0.6 is 31.9 Å². The Morgan fingerprint density at radius 3 is 2.67 bits per heavy atom. The first-order valence-electron chi connectivity index (χ1n) is 4.32. The molecule has 1 heterocycles. The van der Waals surface area contributed by atoms with E-state index in [9.17, 15) is 0 Å². The van der Waals surface area contributed by atoms with Crippen LogP contribution < -0.4 is 4.74 Å². The van der Waals surface area contributed by atoms with Gasteiger partial charge in [0.1, 0.15) is 5.75 Å². The van der Waals surface area contributed by atoms with Crippen molar-refractivity contribution in [2.75, 3.05) is 0 Å². The molecule has 0 aliphatic heterocycles. The Morgan fingerprint density at radius 2 is 2.07 bits per heavy atom. The SMILES string of the molecule is Cn1c[c]cc1Oc1ccc(Br)c(Br)c1. The highest BCUT2D eigenvalue weighted by molar-refractivity contribution is 9.13. The number of hydrogen-bond donors (Lipinski definition) is 0. The fourth-order valence-electron chi connectivity index (χ4n) is 1.15. The van der Waals surface area contributed by atoms with Crippen LogP contribution in [0.2, 0.25) is 0 Å². The molecule has 1 radical (unpaired) electrons. The summed E-state index contributed by atoms with van der Waals surface area (Å²) in [5, 5.41) is 0. The molecule has 0 spiro atoms. The molecule has 0 unspecified atom stereocenters. The largest absolute Gasteiger partial charge is 0.441 e. The fraction of sp³-hybridized carbons (Fsp3) is 0.0909. The lowest BCUT2D eigenvalue weighted by atomic mass is 10.3. The van der Waals surface area contributed by atoms with Gasteiger partial charge in [-0.25, -0.2) is 0 Å². The summed E-state index contributed by atoms with van der Waals surface area (Å²) in [6.07, 6.45) is 1.82. The van der Waals surface area contributed by atoms with Gasteiger partial charge in [-0.15, -0.1) is 0 Å². The standard InChI is InChI=1S/C11H8Br2NO/c1-14-6-2-3-11(14)15-8-4-5-9(12)10(13)7-8/h3-7H,1H3. The third kappa shape index (κ3) is 2.44. The van der Waals surface area contributed by atoms with Gasteiger partial charge in [0.25, 0.3) is 0 Å². The van der Waals surface area contributed by atoms with E-state index in [-0.39, 0.29) is 0 Å². The lowest BCUT2D eigenvalue weighted by Gasteiger charge is -2.07. The number of ether oxygens (including phenoxy) is 1. The van der Waals surface area contributed by atoms with Gasteiger partial charge in [-0.3, -0.25) is 0 Å². The number of aromatic nitrogens is 1. The zero-order valence-corrected chi connectivity index (χ0v) is 11.2. The molecule has 0 fully saturated rings. The number of benzene rings is 1. The van der Waals surface area contributed by atoms with Crippen molar-refractivity contribution in [3.63, 3.8) is 0 Å². The first kappa shape index (κ1) is 10.8. The minimum atomic E-state index is 0.768. The third-order valence-electron chi connectivity index (χ3n) is 1.94. The highest BCUT2D eigenvalue weighted by Crippen LogP contribution is 2.29. The van der Waals surface area contributed by atoms with Crippen molar-refractivity contribution in [3.8, 4) is 11.6 Å². The van der Waals surface area contributed by atoms with Crippen LogP contribution in [0.5, 0.6) is 11.6 Å². The molecule has 2 nitrogen and oxygen atoms in total. The second-order valence-electron chi connectivity index (χ2n) is 3.07. The molecule has 1 aromatic heterocycles. The topological polar surface area (TPSA) is 14.2 Å². The van der Waals surface area contributed by atoms with Crippen LogP contribution in [-0.4, -0.2) is 4.57 Å². The molecule has 15 heavy (non-hydrogen) atoms. The molecule has 0 aliphatic carbocycles. The quantitative estimate of drug-likeness (QED) is 0.807. The lowest BCUT2D eigenvalue weighted by molar-refractivity contribution is 0.443. The highest BCUT2D eigenvalue weighted by atomic mass is 79.9. The van der Waals surface area contributed by atoms with E-state index in [4.69, 9.17) is 4.74 Å². The lowest BCUT2D eigenvalue weighted by Crippen LogP contribution is -1.91. The molecule has 0 bridgehead atoms. The van der Waals surface area contributed by atoms with Crippen molar-refractivity contribution in [2.45, 2.75) is 0 Å². The molecule has 4 heteroatoms. The van der Waals surface area contributed by atoms with Crippen LogP contribution in [0, 0.1) is 6.07 Å². The smallest absolute Gasteiger partial charge is 0.200 e. The van der Waals surface area contributed by atoms with Crippen molar-refractivity contribution >= 4 is 31.9 Å². The normalized spacial score (nSPS) is 10.3.